The molecule has 224 valence electrons. The number of fused-ring (bicyclic) bond motifs is 1. The lowest BCUT2D eigenvalue weighted by Gasteiger charge is -2.27. The fourth-order valence-corrected chi connectivity index (χ4v) is 5.59. The SMILES string of the molecule is O=C(O)c1ccc2nc(Cc3ccc(-c4cccc(OCc5ccc(CC6CC6)cc5F)n4)cc3F)n(C[C@@H]3CCO3)c2c1. The number of rotatable bonds is 11. The van der Waals surface area contributed by atoms with Gasteiger partial charge in [-0.3, -0.25) is 0 Å². The maximum atomic E-state index is 15.5. The van der Waals surface area contributed by atoms with E-state index < -0.39 is 11.8 Å². The Bertz CT molecular complexity index is 1860. The molecule has 2 aromatic heterocycles. The van der Waals surface area contributed by atoms with Gasteiger partial charge in [-0.1, -0.05) is 30.3 Å². The lowest BCUT2D eigenvalue weighted by atomic mass is 10.1. The van der Waals surface area contributed by atoms with Crippen LogP contribution in [0.2, 0.25) is 0 Å². The van der Waals surface area contributed by atoms with Gasteiger partial charge in [0.2, 0.25) is 5.88 Å². The number of ether oxygens (including phenoxy) is 2. The zero-order valence-electron chi connectivity index (χ0n) is 24.0. The average Bonchev–Trinajstić information content (AvgIpc) is 3.74. The van der Waals surface area contributed by atoms with Crippen molar-refractivity contribution in [2.45, 2.75) is 51.4 Å². The molecule has 0 unspecified atom stereocenters. The van der Waals surface area contributed by atoms with Crippen LogP contribution in [-0.2, 0) is 30.7 Å². The van der Waals surface area contributed by atoms with Crippen LogP contribution in [0.1, 0.15) is 52.1 Å². The van der Waals surface area contributed by atoms with Crippen LogP contribution >= 0.6 is 0 Å². The second-order valence-electron chi connectivity index (χ2n) is 11.6. The molecule has 1 aliphatic carbocycles. The normalized spacial score (nSPS) is 16.2. The minimum atomic E-state index is -1.02. The third kappa shape index (κ3) is 6.05. The number of hydrogen-bond acceptors (Lipinski definition) is 5. The van der Waals surface area contributed by atoms with Crippen molar-refractivity contribution >= 4 is 17.0 Å². The van der Waals surface area contributed by atoms with E-state index in [1.165, 1.54) is 25.0 Å². The predicted octanol–water partition coefficient (Wildman–Crippen LogP) is 6.99. The monoisotopic (exact) mass is 595 g/mol. The highest BCUT2D eigenvalue weighted by molar-refractivity contribution is 5.92. The van der Waals surface area contributed by atoms with Gasteiger partial charge in [-0.25, -0.2) is 23.5 Å². The molecule has 1 atom stereocenters. The minimum Gasteiger partial charge on any atom is -0.478 e. The molecular formula is C35H31F2N3O4. The van der Waals surface area contributed by atoms with E-state index in [2.05, 4.69) is 4.98 Å². The van der Waals surface area contributed by atoms with Crippen molar-refractivity contribution in [2.24, 2.45) is 5.92 Å². The lowest BCUT2D eigenvalue weighted by Crippen LogP contribution is -2.31. The third-order valence-corrected chi connectivity index (χ3v) is 8.39. The van der Waals surface area contributed by atoms with E-state index >= 15 is 4.39 Å². The topological polar surface area (TPSA) is 86.5 Å². The Morgan fingerprint density at radius 2 is 1.77 bits per heavy atom. The molecule has 1 saturated carbocycles. The Balaban J connectivity index is 1.08. The Hall–Kier alpha value is -4.63. The number of pyridine rings is 1. The molecule has 7 nitrogen and oxygen atoms in total. The lowest BCUT2D eigenvalue weighted by molar-refractivity contribution is -0.0589. The summed E-state index contributed by atoms with van der Waals surface area (Å²) in [5.41, 5.74) is 4.53. The summed E-state index contributed by atoms with van der Waals surface area (Å²) in [6.45, 7) is 1.24. The largest absolute Gasteiger partial charge is 0.478 e. The van der Waals surface area contributed by atoms with E-state index in [0.29, 0.717) is 64.2 Å². The number of aromatic nitrogens is 3. The zero-order valence-corrected chi connectivity index (χ0v) is 24.0. The zero-order chi connectivity index (χ0) is 30.2. The van der Waals surface area contributed by atoms with Crippen LogP contribution in [0.5, 0.6) is 5.88 Å². The molecule has 0 amide bonds. The van der Waals surface area contributed by atoms with Crippen LogP contribution < -0.4 is 4.74 Å². The summed E-state index contributed by atoms with van der Waals surface area (Å²) in [6, 6.07) is 20.3. The van der Waals surface area contributed by atoms with Gasteiger partial charge < -0.3 is 19.1 Å². The smallest absolute Gasteiger partial charge is 0.335 e. The van der Waals surface area contributed by atoms with Gasteiger partial charge in [0.15, 0.2) is 0 Å². The number of carboxylic acids is 1. The molecule has 7 rings (SSSR count). The molecule has 3 heterocycles. The summed E-state index contributed by atoms with van der Waals surface area (Å²) in [7, 11) is 0. The summed E-state index contributed by atoms with van der Waals surface area (Å²) in [5.74, 6) is -0.0729. The van der Waals surface area contributed by atoms with E-state index in [9.17, 15) is 14.3 Å². The molecule has 0 radical (unpaired) electrons. The fourth-order valence-electron chi connectivity index (χ4n) is 5.59. The first-order valence-corrected chi connectivity index (χ1v) is 14.9. The molecule has 3 aromatic carbocycles. The highest BCUT2D eigenvalue weighted by Crippen LogP contribution is 2.33. The van der Waals surface area contributed by atoms with Crippen molar-refractivity contribution < 1.29 is 28.2 Å². The summed E-state index contributed by atoms with van der Waals surface area (Å²) in [5, 5.41) is 9.49. The van der Waals surface area contributed by atoms with Crippen LogP contribution in [0.3, 0.4) is 0 Å². The number of hydrogen-bond donors (Lipinski definition) is 1. The summed E-state index contributed by atoms with van der Waals surface area (Å²) >= 11 is 0. The van der Waals surface area contributed by atoms with Crippen LogP contribution in [0, 0.1) is 17.6 Å². The van der Waals surface area contributed by atoms with E-state index in [4.69, 9.17) is 14.5 Å². The van der Waals surface area contributed by atoms with E-state index in [-0.39, 0.29) is 30.5 Å². The highest BCUT2D eigenvalue weighted by Gasteiger charge is 2.24. The maximum absolute atomic E-state index is 15.5. The Labute approximate surface area is 253 Å². The molecule has 0 bridgehead atoms. The quantitative estimate of drug-likeness (QED) is 0.177. The van der Waals surface area contributed by atoms with E-state index in [0.717, 1.165) is 18.4 Å². The Morgan fingerprint density at radius 3 is 2.50 bits per heavy atom. The molecule has 1 saturated heterocycles. The van der Waals surface area contributed by atoms with Crippen molar-refractivity contribution in [3.8, 4) is 17.1 Å². The number of aromatic carboxylic acids is 1. The second kappa shape index (κ2) is 11.8. The van der Waals surface area contributed by atoms with Gasteiger partial charge in [-0.05, 0) is 79.1 Å². The van der Waals surface area contributed by atoms with Crippen molar-refractivity contribution in [1.29, 1.82) is 0 Å². The van der Waals surface area contributed by atoms with Gasteiger partial charge in [0.1, 0.15) is 24.1 Å². The Kier molecular flexibility index (Phi) is 7.56. The predicted molar refractivity (Wildman–Crippen MR) is 161 cm³/mol. The third-order valence-electron chi connectivity index (χ3n) is 8.39. The first kappa shape index (κ1) is 28.2. The number of benzene rings is 3. The molecule has 2 aliphatic rings. The van der Waals surface area contributed by atoms with Crippen molar-refractivity contribution in [1.82, 2.24) is 14.5 Å². The first-order chi connectivity index (χ1) is 21.4. The standard InChI is InChI=1S/C35H31F2N3O4/c36-28-15-22(14-21-4-5-21)6-7-26(28)20-44-34-3-1-2-30(39-34)24-9-8-23(29(37)16-24)18-33-38-31-11-10-25(35(41)42)17-32(31)40(33)19-27-12-13-43-27/h1-3,6-11,15-17,21,27H,4-5,12-14,18-20H2,(H,41,42)/t27-/m0/s1. The van der Waals surface area contributed by atoms with Crippen LogP contribution in [0.4, 0.5) is 8.78 Å². The van der Waals surface area contributed by atoms with Gasteiger partial charge in [0.25, 0.3) is 0 Å². The molecular weight excluding hydrogens is 564 g/mol. The fraction of sp³-hybridized carbons (Fsp3) is 0.286. The molecule has 2 fully saturated rings. The van der Waals surface area contributed by atoms with Crippen LogP contribution in [0.25, 0.3) is 22.3 Å². The average molecular weight is 596 g/mol. The molecule has 5 aromatic rings. The summed E-state index contributed by atoms with van der Waals surface area (Å²) in [4.78, 5) is 20.8. The number of carbonyl (C=O) groups is 1. The number of carboxylic acid groups (broad SMARTS) is 1. The minimum absolute atomic E-state index is 0.00982. The van der Waals surface area contributed by atoms with Gasteiger partial charge >= 0.3 is 5.97 Å². The van der Waals surface area contributed by atoms with Crippen LogP contribution in [-0.4, -0.2) is 38.3 Å². The van der Waals surface area contributed by atoms with Crippen molar-refractivity contribution in [3.63, 3.8) is 0 Å². The summed E-state index contributed by atoms with van der Waals surface area (Å²) in [6.07, 6.45) is 4.49. The molecule has 44 heavy (non-hydrogen) atoms. The summed E-state index contributed by atoms with van der Waals surface area (Å²) < 4.78 is 43.5. The number of nitrogens with zero attached hydrogens (tertiary/aromatic N) is 3. The van der Waals surface area contributed by atoms with Gasteiger partial charge in [-0.15, -0.1) is 0 Å². The van der Waals surface area contributed by atoms with Crippen molar-refractivity contribution in [3.05, 3.63) is 113 Å². The van der Waals surface area contributed by atoms with Gasteiger partial charge in [0, 0.05) is 30.2 Å². The van der Waals surface area contributed by atoms with E-state index in [1.807, 2.05) is 10.6 Å². The second-order valence-corrected chi connectivity index (χ2v) is 11.6. The number of imidazole rings is 1. The maximum Gasteiger partial charge on any atom is 0.335 e. The molecule has 1 N–H and O–H groups in total. The van der Waals surface area contributed by atoms with E-state index in [1.54, 1.807) is 54.6 Å². The first-order valence-electron chi connectivity index (χ1n) is 14.9. The van der Waals surface area contributed by atoms with Gasteiger partial charge in [-0.2, -0.15) is 0 Å². The van der Waals surface area contributed by atoms with Crippen LogP contribution in [0.15, 0.2) is 72.8 Å². The van der Waals surface area contributed by atoms with Gasteiger partial charge in [0.05, 0.1) is 34.9 Å². The molecule has 9 heteroatoms. The highest BCUT2D eigenvalue weighted by atomic mass is 19.1. The van der Waals surface area contributed by atoms with Crippen molar-refractivity contribution in [2.75, 3.05) is 6.61 Å². The number of halogens is 2. The Morgan fingerprint density at radius 1 is 0.955 bits per heavy atom. The molecule has 0 spiro atoms. The molecule has 1 aliphatic heterocycles.